The maximum atomic E-state index is 11.6. The van der Waals surface area contributed by atoms with Gasteiger partial charge in [-0.2, -0.15) is 0 Å². The third-order valence-electron chi connectivity index (χ3n) is 2.44. The Labute approximate surface area is 79.7 Å². The maximum Gasteiger partial charge on any atom is 0.224 e. The van der Waals surface area contributed by atoms with Crippen LogP contribution in [0.1, 0.15) is 13.3 Å². The molecule has 1 amide bonds. The van der Waals surface area contributed by atoms with Gasteiger partial charge >= 0.3 is 0 Å². The molecule has 0 aromatic heterocycles. The summed E-state index contributed by atoms with van der Waals surface area (Å²) in [5, 5.41) is 6.30. The molecule has 0 spiro atoms. The number of amides is 1. The Hall–Kier alpha value is -0.610. The summed E-state index contributed by atoms with van der Waals surface area (Å²) in [5.41, 5.74) is 0. The molecule has 0 aromatic rings. The van der Waals surface area contributed by atoms with E-state index in [0.717, 1.165) is 26.2 Å². The van der Waals surface area contributed by atoms with Crippen molar-refractivity contribution in [3.63, 3.8) is 0 Å². The van der Waals surface area contributed by atoms with Crippen molar-refractivity contribution < 1.29 is 4.79 Å². The van der Waals surface area contributed by atoms with E-state index in [9.17, 15) is 4.79 Å². The first-order valence-electron chi connectivity index (χ1n) is 4.90. The summed E-state index contributed by atoms with van der Waals surface area (Å²) >= 11 is 0. The van der Waals surface area contributed by atoms with Gasteiger partial charge in [0.05, 0.1) is 0 Å². The van der Waals surface area contributed by atoms with Crippen molar-refractivity contribution in [1.82, 2.24) is 15.5 Å². The van der Waals surface area contributed by atoms with Gasteiger partial charge in [-0.25, -0.2) is 0 Å². The topological polar surface area (TPSA) is 44.4 Å². The van der Waals surface area contributed by atoms with Crippen molar-refractivity contribution in [2.45, 2.75) is 19.4 Å². The van der Waals surface area contributed by atoms with Crippen LogP contribution in [0.25, 0.3) is 0 Å². The van der Waals surface area contributed by atoms with E-state index in [1.54, 1.807) is 0 Å². The minimum atomic E-state index is 0.267. The highest BCUT2D eigenvalue weighted by atomic mass is 16.2. The van der Waals surface area contributed by atoms with Crippen molar-refractivity contribution in [2.24, 2.45) is 0 Å². The van der Waals surface area contributed by atoms with Crippen molar-refractivity contribution >= 4 is 5.91 Å². The fraction of sp³-hybridized carbons (Fsp3) is 0.889. The van der Waals surface area contributed by atoms with Gasteiger partial charge in [0.1, 0.15) is 0 Å². The number of hydrogen-bond donors (Lipinski definition) is 2. The fourth-order valence-electron chi connectivity index (χ4n) is 1.41. The highest BCUT2D eigenvalue weighted by molar-refractivity contribution is 5.76. The monoisotopic (exact) mass is 185 g/mol. The molecule has 1 aliphatic rings. The molecule has 1 unspecified atom stereocenters. The lowest BCUT2D eigenvalue weighted by molar-refractivity contribution is -0.132. The number of carbonyl (C=O) groups excluding carboxylic acids is 1. The van der Waals surface area contributed by atoms with Crippen molar-refractivity contribution in [3.8, 4) is 0 Å². The Balaban J connectivity index is 2.29. The highest BCUT2D eigenvalue weighted by Crippen LogP contribution is 1.99. The Morgan fingerprint density at radius 1 is 1.54 bits per heavy atom. The van der Waals surface area contributed by atoms with E-state index < -0.39 is 0 Å². The highest BCUT2D eigenvalue weighted by Gasteiger charge is 2.17. The molecule has 1 aliphatic heterocycles. The van der Waals surface area contributed by atoms with Crippen LogP contribution in [-0.4, -0.2) is 50.1 Å². The molecule has 2 N–H and O–H groups in total. The minimum absolute atomic E-state index is 0.267. The Bertz CT molecular complexity index is 166. The average molecular weight is 185 g/mol. The maximum absolute atomic E-state index is 11.6. The molecule has 76 valence electrons. The first-order chi connectivity index (χ1) is 6.24. The van der Waals surface area contributed by atoms with Gasteiger partial charge in [-0.05, 0) is 14.0 Å². The zero-order valence-corrected chi connectivity index (χ0v) is 8.47. The van der Waals surface area contributed by atoms with E-state index in [0.29, 0.717) is 6.42 Å². The molecule has 1 fully saturated rings. The molecule has 1 atom stereocenters. The molecule has 0 saturated carbocycles. The van der Waals surface area contributed by atoms with Crippen LogP contribution in [0.15, 0.2) is 0 Å². The number of hydrogen-bond acceptors (Lipinski definition) is 3. The smallest absolute Gasteiger partial charge is 0.224 e. The molecule has 4 nitrogen and oxygen atoms in total. The van der Waals surface area contributed by atoms with E-state index >= 15 is 0 Å². The quantitative estimate of drug-likeness (QED) is 0.618. The molecule has 1 heterocycles. The van der Waals surface area contributed by atoms with Crippen LogP contribution in [0.2, 0.25) is 0 Å². The molecular weight excluding hydrogens is 166 g/mol. The van der Waals surface area contributed by atoms with E-state index in [1.807, 2.05) is 18.9 Å². The number of nitrogens with zero attached hydrogens (tertiary/aromatic N) is 1. The lowest BCUT2D eigenvalue weighted by Gasteiger charge is -2.28. The van der Waals surface area contributed by atoms with Gasteiger partial charge in [0.25, 0.3) is 0 Å². The molecule has 0 radical (unpaired) electrons. The molecule has 13 heavy (non-hydrogen) atoms. The Kier molecular flexibility index (Phi) is 4.18. The van der Waals surface area contributed by atoms with Crippen molar-refractivity contribution in [2.75, 3.05) is 33.2 Å². The Morgan fingerprint density at radius 2 is 2.15 bits per heavy atom. The van der Waals surface area contributed by atoms with E-state index in [2.05, 4.69) is 10.6 Å². The lowest BCUT2D eigenvalue weighted by atomic mass is 10.2. The SMILES string of the molecule is CNC(C)CC(=O)N1CCNCC1. The van der Waals surface area contributed by atoms with Crippen LogP contribution >= 0.6 is 0 Å². The fourth-order valence-corrected chi connectivity index (χ4v) is 1.41. The van der Waals surface area contributed by atoms with Gasteiger partial charge in [-0.3, -0.25) is 4.79 Å². The van der Waals surface area contributed by atoms with Crippen LogP contribution in [0.5, 0.6) is 0 Å². The van der Waals surface area contributed by atoms with Crippen LogP contribution in [0, 0.1) is 0 Å². The molecule has 0 aromatic carbocycles. The molecule has 1 saturated heterocycles. The zero-order chi connectivity index (χ0) is 9.68. The summed E-state index contributed by atoms with van der Waals surface area (Å²) in [6.45, 7) is 5.60. The largest absolute Gasteiger partial charge is 0.340 e. The first kappa shape index (κ1) is 10.5. The lowest BCUT2D eigenvalue weighted by Crippen LogP contribution is -2.47. The van der Waals surface area contributed by atoms with E-state index in [1.165, 1.54) is 0 Å². The van der Waals surface area contributed by atoms with Gasteiger partial charge in [-0.1, -0.05) is 0 Å². The predicted octanol–water partition coefficient (Wildman–Crippen LogP) is -0.584. The summed E-state index contributed by atoms with van der Waals surface area (Å²) < 4.78 is 0. The minimum Gasteiger partial charge on any atom is -0.340 e. The molecule has 0 bridgehead atoms. The van der Waals surface area contributed by atoms with Gasteiger partial charge in [0.15, 0.2) is 0 Å². The average Bonchev–Trinajstić information content (AvgIpc) is 2.19. The van der Waals surface area contributed by atoms with Crippen LogP contribution in [-0.2, 0) is 4.79 Å². The van der Waals surface area contributed by atoms with Crippen molar-refractivity contribution in [1.29, 1.82) is 0 Å². The Morgan fingerprint density at radius 3 is 2.69 bits per heavy atom. The van der Waals surface area contributed by atoms with Gasteiger partial charge in [0, 0.05) is 38.6 Å². The van der Waals surface area contributed by atoms with Gasteiger partial charge in [0.2, 0.25) is 5.91 Å². The number of rotatable bonds is 3. The molecule has 0 aliphatic carbocycles. The molecule has 4 heteroatoms. The first-order valence-corrected chi connectivity index (χ1v) is 4.90. The number of nitrogens with one attached hydrogen (secondary N) is 2. The zero-order valence-electron chi connectivity index (χ0n) is 8.47. The van der Waals surface area contributed by atoms with Gasteiger partial charge in [-0.15, -0.1) is 0 Å². The van der Waals surface area contributed by atoms with Crippen LogP contribution < -0.4 is 10.6 Å². The van der Waals surface area contributed by atoms with Gasteiger partial charge < -0.3 is 15.5 Å². The number of piperazine rings is 1. The standard InChI is InChI=1S/C9H19N3O/c1-8(10-2)7-9(13)12-5-3-11-4-6-12/h8,10-11H,3-7H2,1-2H3. The summed E-state index contributed by atoms with van der Waals surface area (Å²) in [5.74, 6) is 0.267. The normalized spacial score (nSPS) is 20.0. The number of carbonyl (C=O) groups is 1. The molecule has 1 rings (SSSR count). The summed E-state index contributed by atoms with van der Waals surface area (Å²) in [4.78, 5) is 13.6. The van der Waals surface area contributed by atoms with Crippen LogP contribution in [0.3, 0.4) is 0 Å². The molecular formula is C9H19N3O. The second kappa shape index (κ2) is 5.19. The van der Waals surface area contributed by atoms with E-state index in [4.69, 9.17) is 0 Å². The summed E-state index contributed by atoms with van der Waals surface area (Å²) in [6.07, 6.45) is 0.608. The summed E-state index contributed by atoms with van der Waals surface area (Å²) in [6, 6.07) is 0.280. The van der Waals surface area contributed by atoms with E-state index in [-0.39, 0.29) is 11.9 Å². The van der Waals surface area contributed by atoms with Crippen LogP contribution in [0.4, 0.5) is 0 Å². The second-order valence-electron chi connectivity index (χ2n) is 3.52. The third-order valence-corrected chi connectivity index (χ3v) is 2.44. The van der Waals surface area contributed by atoms with Crippen molar-refractivity contribution in [3.05, 3.63) is 0 Å². The predicted molar refractivity (Wildman–Crippen MR) is 52.6 cm³/mol. The second-order valence-corrected chi connectivity index (χ2v) is 3.52. The summed E-state index contributed by atoms with van der Waals surface area (Å²) in [7, 11) is 1.88. The third kappa shape index (κ3) is 3.32.